The lowest BCUT2D eigenvalue weighted by Gasteiger charge is -2.16. The van der Waals surface area contributed by atoms with E-state index in [9.17, 15) is 8.78 Å². The van der Waals surface area contributed by atoms with Crippen LogP contribution < -0.4 is 4.74 Å². The first kappa shape index (κ1) is 13.7. The second kappa shape index (κ2) is 5.23. The topological polar surface area (TPSA) is 9.23 Å². The molecule has 1 aliphatic heterocycles. The number of alkyl halides is 1. The molecule has 2 aromatic carbocycles. The van der Waals surface area contributed by atoms with Crippen LogP contribution in [0, 0.1) is 11.6 Å². The number of rotatable bonds is 2. The highest BCUT2D eigenvalue weighted by Crippen LogP contribution is 2.42. The van der Waals surface area contributed by atoms with Crippen LogP contribution in [-0.2, 0) is 6.42 Å². The fraction of sp³-hybridized carbons (Fsp3) is 0.200. The Morgan fingerprint density at radius 2 is 1.85 bits per heavy atom. The van der Waals surface area contributed by atoms with E-state index in [2.05, 4.69) is 0 Å². The fourth-order valence-electron chi connectivity index (χ4n) is 2.39. The summed E-state index contributed by atoms with van der Waals surface area (Å²) in [5, 5.41) is -0.506. The fourth-order valence-corrected chi connectivity index (χ4v) is 3.01. The molecule has 0 aliphatic carbocycles. The van der Waals surface area contributed by atoms with Gasteiger partial charge in [0, 0.05) is 22.6 Å². The number of halogens is 4. The summed E-state index contributed by atoms with van der Waals surface area (Å²) in [4.78, 5) is 0. The maximum atomic E-state index is 13.8. The molecule has 0 bridgehead atoms. The zero-order chi connectivity index (χ0) is 14.3. The van der Waals surface area contributed by atoms with E-state index in [1.54, 1.807) is 12.1 Å². The third-order valence-corrected chi connectivity index (χ3v) is 3.97. The molecule has 0 radical (unpaired) electrons. The van der Waals surface area contributed by atoms with Crippen molar-refractivity contribution in [2.24, 2.45) is 0 Å². The van der Waals surface area contributed by atoms with E-state index in [1.807, 2.05) is 0 Å². The zero-order valence-electron chi connectivity index (χ0n) is 10.3. The van der Waals surface area contributed by atoms with E-state index in [-0.39, 0.29) is 5.56 Å². The predicted octanol–water partition coefficient (Wildman–Crippen LogP) is 4.88. The van der Waals surface area contributed by atoms with E-state index in [1.165, 1.54) is 18.2 Å². The van der Waals surface area contributed by atoms with Crippen LogP contribution in [0.15, 0.2) is 30.3 Å². The maximum absolute atomic E-state index is 13.8. The Morgan fingerprint density at radius 3 is 2.55 bits per heavy atom. The Kier molecular flexibility index (Phi) is 3.57. The van der Waals surface area contributed by atoms with Crippen LogP contribution in [-0.4, -0.2) is 6.61 Å². The molecule has 0 amide bonds. The molecule has 1 unspecified atom stereocenters. The molecule has 0 aromatic heterocycles. The predicted molar refractivity (Wildman–Crippen MR) is 74.7 cm³/mol. The molecule has 1 atom stereocenters. The lowest BCUT2D eigenvalue weighted by Crippen LogP contribution is -2.03. The summed E-state index contributed by atoms with van der Waals surface area (Å²) < 4.78 is 33.2. The van der Waals surface area contributed by atoms with Crippen LogP contribution in [0.3, 0.4) is 0 Å². The minimum absolute atomic E-state index is 0.186. The molecule has 0 saturated heterocycles. The van der Waals surface area contributed by atoms with Gasteiger partial charge in [-0.2, -0.15) is 0 Å². The summed E-state index contributed by atoms with van der Waals surface area (Å²) in [6, 6.07) is 7.04. The molecule has 104 valence electrons. The number of benzene rings is 2. The van der Waals surface area contributed by atoms with Gasteiger partial charge in [0.05, 0.1) is 12.0 Å². The number of hydrogen-bond acceptors (Lipinski definition) is 1. The van der Waals surface area contributed by atoms with Crippen molar-refractivity contribution in [3.8, 4) is 5.75 Å². The van der Waals surface area contributed by atoms with E-state index in [0.717, 1.165) is 5.56 Å². The molecule has 0 spiro atoms. The lowest BCUT2D eigenvalue weighted by atomic mass is 9.99. The lowest BCUT2D eigenvalue weighted by molar-refractivity contribution is 0.353. The average Bonchev–Trinajstić information content (AvgIpc) is 2.85. The SMILES string of the molecule is Fc1cccc(F)c1C(Cl)c1cc(Cl)cc2c1OCC2. The standard InChI is InChI=1S/C15H10Cl2F2O/c16-9-6-8-4-5-20-15(8)10(7-9)14(17)13-11(18)2-1-3-12(13)19/h1-3,6-7,14H,4-5H2. The van der Waals surface area contributed by atoms with Gasteiger partial charge in [-0.25, -0.2) is 8.78 Å². The quantitative estimate of drug-likeness (QED) is 0.718. The largest absolute Gasteiger partial charge is 0.493 e. The highest BCUT2D eigenvalue weighted by Gasteiger charge is 2.27. The van der Waals surface area contributed by atoms with Gasteiger partial charge in [-0.05, 0) is 29.8 Å². The molecule has 1 aliphatic rings. The van der Waals surface area contributed by atoms with Crippen LogP contribution >= 0.6 is 23.2 Å². The van der Waals surface area contributed by atoms with Crippen LogP contribution in [0.4, 0.5) is 8.78 Å². The highest BCUT2D eigenvalue weighted by atomic mass is 35.5. The van der Waals surface area contributed by atoms with Gasteiger partial charge >= 0.3 is 0 Å². The summed E-state index contributed by atoms with van der Waals surface area (Å²) in [6.07, 6.45) is 0.715. The van der Waals surface area contributed by atoms with Crippen molar-refractivity contribution in [2.45, 2.75) is 11.8 Å². The molecule has 0 saturated carbocycles. The summed E-state index contributed by atoms with van der Waals surface area (Å²) >= 11 is 12.3. The molecule has 2 aromatic rings. The van der Waals surface area contributed by atoms with E-state index < -0.39 is 17.0 Å². The number of fused-ring (bicyclic) bond motifs is 1. The molecule has 1 heterocycles. The normalized spacial score (nSPS) is 14.8. The first-order chi connectivity index (χ1) is 9.58. The second-order valence-electron chi connectivity index (χ2n) is 4.58. The minimum Gasteiger partial charge on any atom is -0.493 e. The van der Waals surface area contributed by atoms with Crippen LogP contribution in [0.2, 0.25) is 5.02 Å². The van der Waals surface area contributed by atoms with Gasteiger partial charge in [0.25, 0.3) is 0 Å². The molecule has 5 heteroatoms. The molecule has 0 fully saturated rings. The van der Waals surface area contributed by atoms with E-state index >= 15 is 0 Å². The molecule has 1 nitrogen and oxygen atoms in total. The van der Waals surface area contributed by atoms with Gasteiger partial charge in [0.15, 0.2) is 0 Å². The van der Waals surface area contributed by atoms with Gasteiger partial charge in [0.2, 0.25) is 0 Å². The Bertz CT molecular complexity index is 653. The first-order valence-electron chi connectivity index (χ1n) is 6.11. The van der Waals surface area contributed by atoms with Crippen molar-refractivity contribution in [3.05, 3.63) is 63.7 Å². The van der Waals surface area contributed by atoms with E-state index in [0.29, 0.717) is 29.4 Å². The van der Waals surface area contributed by atoms with E-state index in [4.69, 9.17) is 27.9 Å². The number of ether oxygens (including phenoxy) is 1. The highest BCUT2D eigenvalue weighted by molar-refractivity contribution is 6.31. The molecule has 20 heavy (non-hydrogen) atoms. The summed E-state index contributed by atoms with van der Waals surface area (Å²) in [6.45, 7) is 0.520. The maximum Gasteiger partial charge on any atom is 0.131 e. The Morgan fingerprint density at radius 1 is 1.15 bits per heavy atom. The monoisotopic (exact) mass is 314 g/mol. The molecule has 0 N–H and O–H groups in total. The van der Waals surface area contributed by atoms with Crippen molar-refractivity contribution in [3.63, 3.8) is 0 Å². The van der Waals surface area contributed by atoms with Crippen molar-refractivity contribution >= 4 is 23.2 Å². The van der Waals surface area contributed by atoms with Gasteiger partial charge in [-0.3, -0.25) is 0 Å². The smallest absolute Gasteiger partial charge is 0.131 e. The number of hydrogen-bond donors (Lipinski definition) is 0. The van der Waals surface area contributed by atoms with Crippen LogP contribution in [0.1, 0.15) is 22.1 Å². The van der Waals surface area contributed by atoms with Gasteiger partial charge in [0.1, 0.15) is 17.4 Å². The van der Waals surface area contributed by atoms with Crippen molar-refractivity contribution < 1.29 is 13.5 Å². The molecular weight excluding hydrogens is 305 g/mol. The van der Waals surface area contributed by atoms with Gasteiger partial charge in [-0.15, -0.1) is 11.6 Å². The second-order valence-corrected chi connectivity index (χ2v) is 5.45. The Balaban J connectivity index is 2.14. The third-order valence-electron chi connectivity index (χ3n) is 3.30. The van der Waals surface area contributed by atoms with Crippen molar-refractivity contribution in [1.82, 2.24) is 0 Å². The van der Waals surface area contributed by atoms with Gasteiger partial charge in [-0.1, -0.05) is 17.7 Å². The average molecular weight is 315 g/mol. The van der Waals surface area contributed by atoms with Crippen LogP contribution in [0.25, 0.3) is 0 Å². The third kappa shape index (κ3) is 2.25. The summed E-state index contributed by atoms with van der Waals surface area (Å²) in [5.41, 5.74) is 1.22. The minimum atomic E-state index is -0.984. The molecular formula is C15H10Cl2F2O. The van der Waals surface area contributed by atoms with Gasteiger partial charge < -0.3 is 4.74 Å². The van der Waals surface area contributed by atoms with Crippen molar-refractivity contribution in [2.75, 3.05) is 6.61 Å². The van der Waals surface area contributed by atoms with Crippen molar-refractivity contribution in [1.29, 1.82) is 0 Å². The zero-order valence-corrected chi connectivity index (χ0v) is 11.8. The van der Waals surface area contributed by atoms with Crippen LogP contribution in [0.5, 0.6) is 5.75 Å². The Labute approximate surface area is 125 Å². The first-order valence-corrected chi connectivity index (χ1v) is 6.92. The summed E-state index contributed by atoms with van der Waals surface area (Å²) in [7, 11) is 0. The molecule has 3 rings (SSSR count). The Hall–Kier alpha value is -1.32. The summed E-state index contributed by atoms with van der Waals surface area (Å²) in [5.74, 6) is -0.787.